The Kier molecular flexibility index (Phi) is 4.48. The van der Waals surface area contributed by atoms with Gasteiger partial charge in [-0.05, 0) is 49.5 Å². The summed E-state index contributed by atoms with van der Waals surface area (Å²) in [6.07, 6.45) is 3.85. The Morgan fingerprint density at radius 2 is 1.93 bits per heavy atom. The molecule has 4 saturated heterocycles. The van der Waals surface area contributed by atoms with Gasteiger partial charge in [0.15, 0.2) is 0 Å². The minimum atomic E-state index is -0.194. The van der Waals surface area contributed by atoms with Crippen molar-refractivity contribution in [2.24, 2.45) is 5.92 Å². The normalized spacial score (nSPS) is 31.7. The summed E-state index contributed by atoms with van der Waals surface area (Å²) in [6, 6.07) is 9.42. The molecule has 148 valence electrons. The van der Waals surface area contributed by atoms with Crippen LogP contribution in [-0.4, -0.2) is 48.6 Å². The van der Waals surface area contributed by atoms with E-state index < -0.39 is 0 Å². The molecule has 0 spiro atoms. The van der Waals surface area contributed by atoms with E-state index in [-0.39, 0.29) is 17.0 Å². The van der Waals surface area contributed by atoms with Gasteiger partial charge in [-0.25, -0.2) is 4.39 Å². The van der Waals surface area contributed by atoms with Crippen molar-refractivity contribution in [2.45, 2.75) is 37.4 Å². The number of hydrogen-bond donors (Lipinski definition) is 0. The maximum atomic E-state index is 13.4. The van der Waals surface area contributed by atoms with Gasteiger partial charge in [-0.1, -0.05) is 12.1 Å². The Labute approximate surface area is 163 Å². The molecule has 0 radical (unpaired) electrons. The fraction of sp³-hybridized carbons (Fsp3) is 0.500. The summed E-state index contributed by atoms with van der Waals surface area (Å²) in [6.45, 7) is 3.80. The molecule has 0 amide bonds. The van der Waals surface area contributed by atoms with E-state index in [1.54, 1.807) is 18.2 Å². The number of nitrogens with zero attached hydrogens (tertiary/aromatic N) is 2. The van der Waals surface area contributed by atoms with Crippen LogP contribution in [-0.2, 0) is 6.54 Å². The van der Waals surface area contributed by atoms with Crippen molar-refractivity contribution < 1.29 is 13.5 Å². The van der Waals surface area contributed by atoms with E-state index in [1.807, 2.05) is 12.1 Å². The molecule has 4 aliphatic heterocycles. The van der Waals surface area contributed by atoms with Gasteiger partial charge in [0.1, 0.15) is 17.8 Å². The van der Waals surface area contributed by atoms with Crippen molar-refractivity contribution >= 4 is 0 Å². The number of likely N-dealkylation sites (tertiary alicyclic amines) is 1. The summed E-state index contributed by atoms with van der Waals surface area (Å²) in [5.74, 6) is 1.72. The molecule has 28 heavy (non-hydrogen) atoms. The summed E-state index contributed by atoms with van der Waals surface area (Å²) < 4.78 is 24.1. The molecular weight excluding hydrogens is 359 g/mol. The highest BCUT2D eigenvalue weighted by Gasteiger charge is 2.53. The van der Waals surface area contributed by atoms with Gasteiger partial charge in [0.05, 0.1) is 13.7 Å². The number of hydrogen-bond acceptors (Lipinski definition) is 5. The van der Waals surface area contributed by atoms with Gasteiger partial charge in [-0.15, -0.1) is 0 Å². The van der Waals surface area contributed by atoms with E-state index >= 15 is 0 Å². The lowest BCUT2D eigenvalue weighted by molar-refractivity contribution is -0.0103. The van der Waals surface area contributed by atoms with Crippen molar-refractivity contribution in [2.75, 3.05) is 26.7 Å². The first kappa shape index (κ1) is 17.9. The van der Waals surface area contributed by atoms with Crippen LogP contribution in [0.2, 0.25) is 0 Å². The molecular formula is C22H25FN2O3. The molecule has 6 rings (SSSR count). The van der Waals surface area contributed by atoms with E-state index in [0.29, 0.717) is 36.2 Å². The highest BCUT2D eigenvalue weighted by atomic mass is 19.1. The Morgan fingerprint density at radius 3 is 2.61 bits per heavy atom. The third-order valence-electron chi connectivity index (χ3n) is 6.82. The van der Waals surface area contributed by atoms with Crippen molar-refractivity contribution in [3.05, 3.63) is 64.0 Å². The highest BCUT2D eigenvalue weighted by Crippen LogP contribution is 2.46. The summed E-state index contributed by atoms with van der Waals surface area (Å²) >= 11 is 0. The Hall–Kier alpha value is -2.18. The first-order chi connectivity index (χ1) is 13.6. The molecule has 5 nitrogen and oxygen atoms in total. The molecule has 0 unspecified atom stereocenters. The van der Waals surface area contributed by atoms with Crippen LogP contribution in [0.15, 0.2) is 45.8 Å². The predicted molar refractivity (Wildman–Crippen MR) is 103 cm³/mol. The number of halogens is 1. The van der Waals surface area contributed by atoms with E-state index in [2.05, 4.69) is 9.80 Å². The number of piperidine rings is 3. The molecule has 0 aliphatic carbocycles. The summed E-state index contributed by atoms with van der Waals surface area (Å²) in [5, 5.41) is 0. The van der Waals surface area contributed by atoms with Crippen LogP contribution in [0.4, 0.5) is 4.39 Å². The topological polar surface area (TPSA) is 45.9 Å². The molecule has 0 saturated carbocycles. The number of rotatable bonds is 4. The van der Waals surface area contributed by atoms with Crippen molar-refractivity contribution in [3.8, 4) is 5.75 Å². The van der Waals surface area contributed by atoms with Crippen LogP contribution in [0.25, 0.3) is 0 Å². The molecule has 1 aromatic heterocycles. The molecule has 2 aromatic rings. The minimum absolute atomic E-state index is 0.150. The third kappa shape index (κ3) is 2.95. The maximum Gasteiger partial charge on any atom is 0.227 e. The number of fused-ring (bicyclic) bond motifs is 2. The lowest BCUT2D eigenvalue weighted by Gasteiger charge is -2.51. The Balaban J connectivity index is 1.45. The molecule has 4 fully saturated rings. The zero-order chi connectivity index (χ0) is 19.3. The zero-order valence-electron chi connectivity index (χ0n) is 16.0. The van der Waals surface area contributed by atoms with Crippen LogP contribution in [0.5, 0.6) is 5.75 Å². The van der Waals surface area contributed by atoms with Gasteiger partial charge in [-0.2, -0.15) is 0 Å². The standard InChI is InChI=1S/C22H25FN2O3/c1-27-20-13-28-17(10-19(20)26)11-25-12-18(14-2-4-16(23)5-3-14)22-21(25)15-6-8-24(22)9-7-15/h2-5,10,13,15,18,21-22H,6-9,11-12H2,1H3/t18-,21+,22+/m0/s1. The van der Waals surface area contributed by atoms with Crippen LogP contribution in [0.1, 0.15) is 30.1 Å². The zero-order valence-corrected chi connectivity index (χ0v) is 16.0. The number of methoxy groups -OCH3 is 1. The second-order valence-electron chi connectivity index (χ2n) is 8.22. The maximum absolute atomic E-state index is 13.4. The lowest BCUT2D eigenvalue weighted by atomic mass is 9.75. The fourth-order valence-electron chi connectivity index (χ4n) is 5.60. The van der Waals surface area contributed by atoms with E-state index in [1.165, 1.54) is 31.8 Å². The van der Waals surface area contributed by atoms with Crippen LogP contribution >= 0.6 is 0 Å². The first-order valence-corrected chi connectivity index (χ1v) is 10.0. The van der Waals surface area contributed by atoms with Gasteiger partial charge >= 0.3 is 0 Å². The van der Waals surface area contributed by atoms with Gasteiger partial charge in [0, 0.05) is 30.6 Å². The monoisotopic (exact) mass is 384 g/mol. The SMILES string of the molecule is COc1coc(CN2C[C@@H](c3ccc(F)cc3)[C@@H]3[C@H]2C2CCN3CC2)cc1=O. The predicted octanol–water partition coefficient (Wildman–Crippen LogP) is 2.85. The molecule has 1 aromatic carbocycles. The quantitative estimate of drug-likeness (QED) is 0.811. The smallest absolute Gasteiger partial charge is 0.227 e. The lowest BCUT2D eigenvalue weighted by Crippen LogP contribution is -2.59. The van der Waals surface area contributed by atoms with Gasteiger partial charge in [0.2, 0.25) is 11.2 Å². The van der Waals surface area contributed by atoms with E-state index in [9.17, 15) is 9.18 Å². The molecule has 4 aliphatic rings. The summed E-state index contributed by atoms with van der Waals surface area (Å²) in [7, 11) is 1.47. The van der Waals surface area contributed by atoms with E-state index in [4.69, 9.17) is 9.15 Å². The first-order valence-electron chi connectivity index (χ1n) is 10.0. The summed E-state index contributed by atoms with van der Waals surface area (Å²) in [5.41, 5.74) is 1.05. The molecule has 6 heteroatoms. The molecule has 5 heterocycles. The highest BCUT2D eigenvalue weighted by molar-refractivity contribution is 5.28. The van der Waals surface area contributed by atoms with Gasteiger partial charge in [0.25, 0.3) is 0 Å². The molecule has 2 bridgehead atoms. The second-order valence-corrected chi connectivity index (χ2v) is 8.22. The molecule has 3 atom stereocenters. The largest absolute Gasteiger partial charge is 0.490 e. The fourth-order valence-corrected chi connectivity index (χ4v) is 5.60. The minimum Gasteiger partial charge on any atom is -0.490 e. The van der Waals surface area contributed by atoms with Gasteiger partial charge in [-0.3, -0.25) is 14.6 Å². The average Bonchev–Trinajstić information content (AvgIpc) is 3.11. The van der Waals surface area contributed by atoms with Crippen molar-refractivity contribution in [1.82, 2.24) is 9.80 Å². The second kappa shape index (κ2) is 7.01. The third-order valence-corrected chi connectivity index (χ3v) is 6.82. The van der Waals surface area contributed by atoms with Crippen LogP contribution in [0.3, 0.4) is 0 Å². The Bertz CT molecular complexity index is 905. The van der Waals surface area contributed by atoms with E-state index in [0.717, 1.165) is 19.6 Å². The van der Waals surface area contributed by atoms with Crippen LogP contribution < -0.4 is 10.2 Å². The van der Waals surface area contributed by atoms with Crippen molar-refractivity contribution in [1.29, 1.82) is 0 Å². The molecule has 0 N–H and O–H groups in total. The van der Waals surface area contributed by atoms with Gasteiger partial charge < -0.3 is 9.15 Å². The summed E-state index contributed by atoms with van der Waals surface area (Å²) in [4.78, 5) is 17.2. The number of ether oxygens (including phenoxy) is 1. The Morgan fingerprint density at radius 1 is 1.18 bits per heavy atom. The average molecular weight is 384 g/mol. The number of benzene rings is 1. The van der Waals surface area contributed by atoms with Crippen LogP contribution in [0, 0.1) is 11.7 Å². The van der Waals surface area contributed by atoms with Crippen molar-refractivity contribution in [3.63, 3.8) is 0 Å².